The van der Waals surface area contributed by atoms with E-state index in [4.69, 9.17) is 0 Å². The SMILES string of the molecule is Cc1cccc(CNCCC(=O)Nc2cccc(Br)c2)c1. The van der Waals surface area contributed by atoms with Crippen LogP contribution in [-0.2, 0) is 11.3 Å². The predicted molar refractivity (Wildman–Crippen MR) is 90.3 cm³/mol. The first-order valence-electron chi connectivity index (χ1n) is 6.95. The molecule has 0 heterocycles. The minimum absolute atomic E-state index is 0.0184. The maximum Gasteiger partial charge on any atom is 0.225 e. The Labute approximate surface area is 133 Å². The lowest BCUT2D eigenvalue weighted by molar-refractivity contribution is -0.116. The van der Waals surface area contributed by atoms with E-state index in [-0.39, 0.29) is 5.91 Å². The third-order valence-corrected chi connectivity index (χ3v) is 3.54. The second-order valence-corrected chi connectivity index (χ2v) is 5.89. The molecule has 0 aliphatic carbocycles. The largest absolute Gasteiger partial charge is 0.326 e. The molecule has 0 aliphatic rings. The van der Waals surface area contributed by atoms with Gasteiger partial charge in [-0.3, -0.25) is 4.79 Å². The molecule has 0 aliphatic heterocycles. The first kappa shape index (κ1) is 15.7. The first-order chi connectivity index (χ1) is 10.1. The molecule has 0 spiro atoms. The van der Waals surface area contributed by atoms with Crippen LogP contribution in [0.5, 0.6) is 0 Å². The number of amides is 1. The predicted octanol–water partition coefficient (Wildman–Crippen LogP) is 3.88. The van der Waals surface area contributed by atoms with Gasteiger partial charge >= 0.3 is 0 Å². The average molecular weight is 347 g/mol. The van der Waals surface area contributed by atoms with Crippen molar-refractivity contribution in [1.82, 2.24) is 5.32 Å². The minimum Gasteiger partial charge on any atom is -0.326 e. The summed E-state index contributed by atoms with van der Waals surface area (Å²) in [5.41, 5.74) is 3.30. The highest BCUT2D eigenvalue weighted by Crippen LogP contribution is 2.15. The molecule has 0 saturated carbocycles. The summed E-state index contributed by atoms with van der Waals surface area (Å²) in [7, 11) is 0. The number of carbonyl (C=O) groups is 1. The van der Waals surface area contributed by atoms with Crippen molar-refractivity contribution in [2.75, 3.05) is 11.9 Å². The number of hydrogen-bond acceptors (Lipinski definition) is 2. The molecule has 110 valence electrons. The zero-order valence-electron chi connectivity index (χ0n) is 12.0. The van der Waals surface area contributed by atoms with Gasteiger partial charge in [0, 0.05) is 29.7 Å². The Bertz CT molecular complexity index is 613. The highest BCUT2D eigenvalue weighted by atomic mass is 79.9. The molecule has 2 N–H and O–H groups in total. The van der Waals surface area contributed by atoms with E-state index in [1.807, 2.05) is 30.3 Å². The van der Waals surface area contributed by atoms with Crippen LogP contribution >= 0.6 is 15.9 Å². The molecule has 3 nitrogen and oxygen atoms in total. The molecule has 4 heteroatoms. The second kappa shape index (κ2) is 7.96. The zero-order valence-corrected chi connectivity index (χ0v) is 13.6. The van der Waals surface area contributed by atoms with Crippen molar-refractivity contribution in [3.8, 4) is 0 Å². The van der Waals surface area contributed by atoms with Gasteiger partial charge in [0.15, 0.2) is 0 Å². The maximum atomic E-state index is 11.8. The van der Waals surface area contributed by atoms with Crippen LogP contribution in [0.1, 0.15) is 17.5 Å². The number of benzene rings is 2. The quantitative estimate of drug-likeness (QED) is 0.779. The highest BCUT2D eigenvalue weighted by Gasteiger charge is 2.02. The Kier molecular flexibility index (Phi) is 5.96. The van der Waals surface area contributed by atoms with E-state index in [0.29, 0.717) is 13.0 Å². The van der Waals surface area contributed by atoms with E-state index in [2.05, 4.69) is 51.7 Å². The first-order valence-corrected chi connectivity index (χ1v) is 7.74. The number of aryl methyl sites for hydroxylation is 1. The van der Waals surface area contributed by atoms with Gasteiger partial charge in [-0.05, 0) is 30.7 Å². The Hall–Kier alpha value is -1.65. The maximum absolute atomic E-state index is 11.8. The summed E-state index contributed by atoms with van der Waals surface area (Å²) in [4.78, 5) is 11.8. The van der Waals surface area contributed by atoms with Crippen LogP contribution in [0, 0.1) is 6.92 Å². The number of carbonyl (C=O) groups excluding carboxylic acids is 1. The van der Waals surface area contributed by atoms with Crippen molar-refractivity contribution >= 4 is 27.5 Å². The van der Waals surface area contributed by atoms with Crippen LogP contribution in [0.4, 0.5) is 5.69 Å². The molecular weight excluding hydrogens is 328 g/mol. The molecule has 0 atom stereocenters. The molecule has 0 bridgehead atoms. The highest BCUT2D eigenvalue weighted by molar-refractivity contribution is 9.10. The molecular formula is C17H19BrN2O. The van der Waals surface area contributed by atoms with E-state index in [9.17, 15) is 4.79 Å². The van der Waals surface area contributed by atoms with Crippen LogP contribution < -0.4 is 10.6 Å². The summed E-state index contributed by atoms with van der Waals surface area (Å²) < 4.78 is 0.956. The Morgan fingerprint density at radius 2 is 1.95 bits per heavy atom. The van der Waals surface area contributed by atoms with Crippen LogP contribution in [0.3, 0.4) is 0 Å². The molecule has 1 amide bonds. The van der Waals surface area contributed by atoms with Crippen LogP contribution in [0.25, 0.3) is 0 Å². The van der Waals surface area contributed by atoms with Crippen molar-refractivity contribution in [2.45, 2.75) is 19.9 Å². The molecule has 0 aromatic heterocycles. The lowest BCUT2D eigenvalue weighted by Gasteiger charge is -2.07. The Morgan fingerprint density at radius 3 is 2.71 bits per heavy atom. The van der Waals surface area contributed by atoms with Gasteiger partial charge in [-0.25, -0.2) is 0 Å². The standard InChI is InChI=1S/C17H19BrN2O/c1-13-4-2-5-14(10-13)12-19-9-8-17(21)20-16-7-3-6-15(18)11-16/h2-7,10-11,19H,8-9,12H2,1H3,(H,20,21). The fourth-order valence-electron chi connectivity index (χ4n) is 2.05. The van der Waals surface area contributed by atoms with E-state index in [1.165, 1.54) is 11.1 Å². The van der Waals surface area contributed by atoms with Crippen molar-refractivity contribution < 1.29 is 4.79 Å². The van der Waals surface area contributed by atoms with Gasteiger partial charge in [0.2, 0.25) is 5.91 Å². The van der Waals surface area contributed by atoms with Gasteiger partial charge in [-0.1, -0.05) is 51.8 Å². The Balaban J connectivity index is 1.70. The van der Waals surface area contributed by atoms with Crippen molar-refractivity contribution in [3.63, 3.8) is 0 Å². The summed E-state index contributed by atoms with van der Waals surface area (Å²) in [6.07, 6.45) is 0.457. The number of anilines is 1. The van der Waals surface area contributed by atoms with E-state index < -0.39 is 0 Å². The summed E-state index contributed by atoms with van der Waals surface area (Å²) in [6.45, 7) is 3.52. The van der Waals surface area contributed by atoms with Crippen molar-refractivity contribution in [1.29, 1.82) is 0 Å². The fraction of sp³-hybridized carbons (Fsp3) is 0.235. The smallest absolute Gasteiger partial charge is 0.225 e. The minimum atomic E-state index is 0.0184. The number of hydrogen-bond donors (Lipinski definition) is 2. The number of nitrogens with one attached hydrogen (secondary N) is 2. The van der Waals surface area contributed by atoms with Gasteiger partial charge in [-0.15, -0.1) is 0 Å². The Morgan fingerprint density at radius 1 is 1.14 bits per heavy atom. The van der Waals surface area contributed by atoms with Crippen LogP contribution in [-0.4, -0.2) is 12.5 Å². The zero-order chi connectivity index (χ0) is 15.1. The summed E-state index contributed by atoms with van der Waals surface area (Å²) in [6, 6.07) is 16.0. The van der Waals surface area contributed by atoms with Gasteiger partial charge in [0.25, 0.3) is 0 Å². The fourth-order valence-corrected chi connectivity index (χ4v) is 2.45. The average Bonchev–Trinajstić information content (AvgIpc) is 2.44. The van der Waals surface area contributed by atoms with Crippen LogP contribution in [0.2, 0.25) is 0 Å². The van der Waals surface area contributed by atoms with Crippen LogP contribution in [0.15, 0.2) is 53.0 Å². The molecule has 21 heavy (non-hydrogen) atoms. The third-order valence-electron chi connectivity index (χ3n) is 3.05. The molecule has 0 unspecified atom stereocenters. The van der Waals surface area contributed by atoms with Gasteiger partial charge in [-0.2, -0.15) is 0 Å². The molecule has 0 radical (unpaired) electrons. The number of rotatable bonds is 6. The van der Waals surface area contributed by atoms with E-state index >= 15 is 0 Å². The van der Waals surface area contributed by atoms with Gasteiger partial charge in [0.05, 0.1) is 0 Å². The van der Waals surface area contributed by atoms with Crippen molar-refractivity contribution in [2.24, 2.45) is 0 Å². The van der Waals surface area contributed by atoms with E-state index in [0.717, 1.165) is 16.7 Å². The lowest BCUT2D eigenvalue weighted by Crippen LogP contribution is -2.21. The van der Waals surface area contributed by atoms with E-state index in [1.54, 1.807) is 0 Å². The molecule has 2 rings (SSSR count). The molecule has 0 fully saturated rings. The monoisotopic (exact) mass is 346 g/mol. The topological polar surface area (TPSA) is 41.1 Å². The lowest BCUT2D eigenvalue weighted by atomic mass is 10.1. The normalized spacial score (nSPS) is 10.4. The molecule has 2 aromatic carbocycles. The van der Waals surface area contributed by atoms with Gasteiger partial charge in [0.1, 0.15) is 0 Å². The van der Waals surface area contributed by atoms with Gasteiger partial charge < -0.3 is 10.6 Å². The summed E-state index contributed by atoms with van der Waals surface area (Å²) in [5, 5.41) is 6.17. The van der Waals surface area contributed by atoms with Crippen molar-refractivity contribution in [3.05, 3.63) is 64.1 Å². The summed E-state index contributed by atoms with van der Waals surface area (Å²) >= 11 is 3.38. The molecule has 0 saturated heterocycles. The second-order valence-electron chi connectivity index (χ2n) is 4.97. The molecule has 2 aromatic rings. The third kappa shape index (κ3) is 5.69. The summed E-state index contributed by atoms with van der Waals surface area (Å²) in [5.74, 6) is 0.0184. The number of halogens is 1.